The van der Waals surface area contributed by atoms with Gasteiger partial charge in [-0.2, -0.15) is 0 Å². The van der Waals surface area contributed by atoms with Gasteiger partial charge in [-0.3, -0.25) is 0 Å². The van der Waals surface area contributed by atoms with Crippen LogP contribution in [0.5, 0.6) is 0 Å². The van der Waals surface area contributed by atoms with Gasteiger partial charge in [-0.15, -0.1) is 9.24 Å². The van der Waals surface area contributed by atoms with Crippen molar-refractivity contribution in [3.05, 3.63) is 0 Å². The van der Waals surface area contributed by atoms with E-state index in [0.717, 1.165) is 13.0 Å². The van der Waals surface area contributed by atoms with E-state index in [1.54, 1.807) is 0 Å². The van der Waals surface area contributed by atoms with Gasteiger partial charge in [-0.05, 0) is 25.7 Å². The molecule has 1 heterocycles. The Morgan fingerprint density at radius 2 is 2.21 bits per heavy atom. The van der Waals surface area contributed by atoms with E-state index in [0.29, 0.717) is 5.92 Å². The molecule has 14 heavy (non-hydrogen) atoms. The number of rotatable bonds is 5. The van der Waals surface area contributed by atoms with Crippen LogP contribution in [0.25, 0.3) is 0 Å². The summed E-state index contributed by atoms with van der Waals surface area (Å²) in [7, 11) is 2.75. The molecule has 1 aliphatic heterocycles. The summed E-state index contributed by atoms with van der Waals surface area (Å²) in [4.78, 5) is 0. The van der Waals surface area contributed by atoms with Gasteiger partial charge in [-0.1, -0.05) is 20.3 Å². The SMILES string of the molecule is CCCC(C(N)P)C1(CC)CCCO1. The van der Waals surface area contributed by atoms with Crippen molar-refractivity contribution in [2.45, 2.75) is 57.3 Å². The molecule has 4 atom stereocenters. The summed E-state index contributed by atoms with van der Waals surface area (Å²) >= 11 is 0. The molecule has 1 saturated heterocycles. The van der Waals surface area contributed by atoms with E-state index in [4.69, 9.17) is 10.5 Å². The minimum Gasteiger partial charge on any atom is -0.375 e. The summed E-state index contributed by atoms with van der Waals surface area (Å²) in [6.07, 6.45) is 5.86. The van der Waals surface area contributed by atoms with Gasteiger partial charge in [0.2, 0.25) is 0 Å². The molecule has 0 aromatic carbocycles. The Labute approximate surface area is 90.2 Å². The first-order valence-corrected chi connectivity index (χ1v) is 6.48. The molecule has 0 spiro atoms. The second-order valence-corrected chi connectivity index (χ2v) is 5.11. The van der Waals surface area contributed by atoms with Crippen LogP contribution in [0.4, 0.5) is 0 Å². The van der Waals surface area contributed by atoms with Gasteiger partial charge < -0.3 is 10.5 Å². The highest BCUT2D eigenvalue weighted by molar-refractivity contribution is 7.17. The summed E-state index contributed by atoms with van der Waals surface area (Å²) in [6, 6.07) is 0. The second-order valence-electron chi connectivity index (χ2n) is 4.34. The average Bonchev–Trinajstić information content (AvgIpc) is 2.63. The van der Waals surface area contributed by atoms with E-state index in [9.17, 15) is 0 Å². The Kier molecular flexibility index (Phi) is 4.82. The summed E-state index contributed by atoms with van der Waals surface area (Å²) in [6.45, 7) is 5.37. The third-order valence-electron chi connectivity index (χ3n) is 3.47. The van der Waals surface area contributed by atoms with E-state index in [1.807, 2.05) is 0 Å². The van der Waals surface area contributed by atoms with Crippen molar-refractivity contribution in [1.82, 2.24) is 0 Å². The summed E-state index contributed by atoms with van der Waals surface area (Å²) in [5, 5.41) is 0. The van der Waals surface area contributed by atoms with Crippen molar-refractivity contribution in [1.29, 1.82) is 0 Å². The van der Waals surface area contributed by atoms with Gasteiger partial charge in [0, 0.05) is 18.3 Å². The fraction of sp³-hybridized carbons (Fsp3) is 1.00. The predicted molar refractivity (Wildman–Crippen MR) is 64.3 cm³/mol. The predicted octanol–water partition coefficient (Wildman–Crippen LogP) is 2.52. The van der Waals surface area contributed by atoms with Crippen LogP contribution in [0, 0.1) is 5.92 Å². The second kappa shape index (κ2) is 5.44. The molecule has 0 aromatic rings. The minimum atomic E-state index is 0.0805. The van der Waals surface area contributed by atoms with Crippen LogP contribution in [-0.4, -0.2) is 18.0 Å². The highest BCUT2D eigenvalue weighted by Crippen LogP contribution is 2.40. The Balaban J connectivity index is 2.71. The summed E-state index contributed by atoms with van der Waals surface area (Å²) in [5.41, 5.74) is 6.13. The molecule has 2 N–H and O–H groups in total. The zero-order valence-corrected chi connectivity index (χ0v) is 10.6. The maximum absolute atomic E-state index is 6.05. The number of ether oxygens (including phenoxy) is 1. The highest BCUT2D eigenvalue weighted by Gasteiger charge is 2.42. The molecule has 0 bridgehead atoms. The molecule has 1 rings (SSSR count). The summed E-state index contributed by atoms with van der Waals surface area (Å²) in [5.74, 6) is 0.679. The number of nitrogens with two attached hydrogens (primary N) is 1. The van der Waals surface area contributed by atoms with Crippen molar-refractivity contribution < 1.29 is 4.74 Å². The van der Waals surface area contributed by atoms with Gasteiger partial charge in [0.25, 0.3) is 0 Å². The van der Waals surface area contributed by atoms with Crippen molar-refractivity contribution in [3.63, 3.8) is 0 Å². The number of hydrogen-bond donors (Lipinski definition) is 1. The molecular formula is C11H24NOP. The van der Waals surface area contributed by atoms with Crippen LogP contribution in [0.3, 0.4) is 0 Å². The maximum atomic E-state index is 6.05. The minimum absolute atomic E-state index is 0.0805. The Morgan fingerprint density at radius 1 is 1.50 bits per heavy atom. The third-order valence-corrected chi connectivity index (χ3v) is 3.94. The molecular weight excluding hydrogens is 193 g/mol. The molecule has 4 unspecified atom stereocenters. The molecule has 84 valence electrons. The van der Waals surface area contributed by atoms with E-state index >= 15 is 0 Å². The smallest absolute Gasteiger partial charge is 0.0726 e. The average molecular weight is 217 g/mol. The first-order chi connectivity index (χ1) is 6.66. The Morgan fingerprint density at radius 3 is 2.57 bits per heavy atom. The van der Waals surface area contributed by atoms with E-state index < -0.39 is 0 Å². The van der Waals surface area contributed by atoms with Gasteiger partial charge in [0.15, 0.2) is 0 Å². The van der Waals surface area contributed by atoms with Crippen LogP contribution in [0.15, 0.2) is 0 Å². The Hall–Kier alpha value is 0.350. The van der Waals surface area contributed by atoms with Crippen LogP contribution in [-0.2, 0) is 4.74 Å². The van der Waals surface area contributed by atoms with Crippen molar-refractivity contribution >= 4 is 9.24 Å². The van der Waals surface area contributed by atoms with E-state index in [-0.39, 0.29) is 11.4 Å². The Bertz CT molecular complexity index is 167. The summed E-state index contributed by atoms with van der Waals surface area (Å²) < 4.78 is 5.97. The zero-order valence-electron chi connectivity index (χ0n) is 9.46. The largest absolute Gasteiger partial charge is 0.375 e. The first kappa shape index (κ1) is 12.4. The fourth-order valence-corrected chi connectivity index (χ4v) is 3.21. The van der Waals surface area contributed by atoms with Gasteiger partial charge in [-0.25, -0.2) is 0 Å². The first-order valence-electron chi connectivity index (χ1n) is 5.81. The fourth-order valence-electron chi connectivity index (χ4n) is 2.67. The monoisotopic (exact) mass is 217 g/mol. The molecule has 3 heteroatoms. The van der Waals surface area contributed by atoms with E-state index in [2.05, 4.69) is 23.1 Å². The van der Waals surface area contributed by atoms with E-state index in [1.165, 1.54) is 25.7 Å². The lowest BCUT2D eigenvalue weighted by atomic mass is 9.80. The lowest BCUT2D eigenvalue weighted by Gasteiger charge is -2.38. The van der Waals surface area contributed by atoms with Crippen molar-refractivity contribution in [3.8, 4) is 0 Å². The normalized spacial score (nSPS) is 31.7. The number of hydrogen-bond acceptors (Lipinski definition) is 2. The molecule has 0 radical (unpaired) electrons. The third kappa shape index (κ3) is 2.48. The van der Waals surface area contributed by atoms with Crippen LogP contribution in [0.1, 0.15) is 46.0 Å². The standard InChI is InChI=1S/C11H24NOP/c1-3-6-9(10(12)14)11(4-2)7-5-8-13-11/h9-10H,3-8,12,14H2,1-2H3. The highest BCUT2D eigenvalue weighted by atomic mass is 31.0. The molecule has 0 amide bonds. The van der Waals surface area contributed by atoms with Gasteiger partial charge in [0.05, 0.1) is 5.60 Å². The van der Waals surface area contributed by atoms with Crippen LogP contribution in [0.2, 0.25) is 0 Å². The van der Waals surface area contributed by atoms with Crippen LogP contribution >= 0.6 is 9.24 Å². The van der Waals surface area contributed by atoms with Crippen LogP contribution < -0.4 is 5.73 Å². The van der Waals surface area contributed by atoms with Gasteiger partial charge >= 0.3 is 0 Å². The quantitative estimate of drug-likeness (QED) is 0.718. The molecule has 0 aromatic heterocycles. The maximum Gasteiger partial charge on any atom is 0.0726 e. The molecule has 2 nitrogen and oxygen atoms in total. The lowest BCUT2D eigenvalue weighted by Crippen LogP contribution is -2.44. The van der Waals surface area contributed by atoms with Gasteiger partial charge in [0.1, 0.15) is 0 Å². The molecule has 1 fully saturated rings. The molecule has 0 saturated carbocycles. The molecule has 1 aliphatic rings. The zero-order chi connectivity index (χ0) is 10.6. The van der Waals surface area contributed by atoms with Crippen molar-refractivity contribution in [2.75, 3.05) is 6.61 Å². The van der Waals surface area contributed by atoms with Crippen molar-refractivity contribution in [2.24, 2.45) is 11.7 Å². The lowest BCUT2D eigenvalue weighted by molar-refractivity contribution is -0.0503. The molecule has 0 aliphatic carbocycles. The topological polar surface area (TPSA) is 35.2 Å².